The molecular formula is C21H19ClN2O4. The molecule has 0 radical (unpaired) electrons. The number of amides is 1. The van der Waals surface area contributed by atoms with E-state index in [-0.39, 0.29) is 6.42 Å². The van der Waals surface area contributed by atoms with E-state index in [1.165, 1.54) is 0 Å². The number of carbonyl (C=O) groups excluding carboxylic acids is 1. The fraction of sp³-hybridized carbons (Fsp3) is 0.190. The summed E-state index contributed by atoms with van der Waals surface area (Å²) in [5.74, 6) is -1.73. The van der Waals surface area contributed by atoms with Crippen molar-refractivity contribution >= 4 is 41.0 Å². The van der Waals surface area contributed by atoms with Crippen LogP contribution in [0.15, 0.2) is 59.8 Å². The molecule has 1 heterocycles. The van der Waals surface area contributed by atoms with Crippen LogP contribution in [0.2, 0.25) is 5.02 Å². The number of anilines is 1. The highest BCUT2D eigenvalue weighted by Gasteiger charge is 2.48. The van der Waals surface area contributed by atoms with Gasteiger partial charge < -0.3 is 15.3 Å². The standard InChI is InChI=1S/C21H19ClN2O4/c1-14-17(22)8-5-9-18(14)23-20(27)21(13-19(25)26)12-16(24-28-21)11-10-15-6-3-2-4-7-15/h2-11H,12-13H2,1H3,(H,23,27)(H,25,26)/t21-/m0/s1. The first-order valence-electron chi connectivity index (χ1n) is 8.66. The number of nitrogens with one attached hydrogen (secondary N) is 1. The monoisotopic (exact) mass is 398 g/mol. The molecule has 1 atom stereocenters. The maximum atomic E-state index is 12.9. The Balaban J connectivity index is 1.78. The highest BCUT2D eigenvalue weighted by molar-refractivity contribution is 6.31. The molecule has 1 aliphatic rings. The molecule has 2 N–H and O–H groups in total. The van der Waals surface area contributed by atoms with Gasteiger partial charge in [0.05, 0.1) is 12.1 Å². The van der Waals surface area contributed by atoms with Crippen LogP contribution >= 0.6 is 11.6 Å². The minimum atomic E-state index is -1.61. The van der Waals surface area contributed by atoms with E-state index in [9.17, 15) is 14.7 Å². The van der Waals surface area contributed by atoms with Crippen LogP contribution in [0.5, 0.6) is 0 Å². The van der Waals surface area contributed by atoms with Gasteiger partial charge in [0, 0.05) is 17.1 Å². The Kier molecular flexibility index (Phi) is 5.80. The Labute approximate surface area is 167 Å². The molecule has 0 unspecified atom stereocenters. The third-order valence-electron chi connectivity index (χ3n) is 4.44. The van der Waals surface area contributed by atoms with Crippen LogP contribution in [0.3, 0.4) is 0 Å². The molecule has 0 aliphatic carbocycles. The zero-order chi connectivity index (χ0) is 20.1. The Morgan fingerprint density at radius 3 is 2.68 bits per heavy atom. The summed E-state index contributed by atoms with van der Waals surface area (Å²) >= 11 is 6.09. The number of aliphatic carboxylic acids is 1. The van der Waals surface area contributed by atoms with Crippen molar-refractivity contribution in [3.05, 3.63) is 70.8 Å². The second kappa shape index (κ2) is 8.27. The van der Waals surface area contributed by atoms with Crippen LogP contribution in [0.1, 0.15) is 24.0 Å². The lowest BCUT2D eigenvalue weighted by atomic mass is 9.91. The molecule has 0 saturated carbocycles. The molecule has 1 aliphatic heterocycles. The van der Waals surface area contributed by atoms with Crippen molar-refractivity contribution < 1.29 is 19.5 Å². The molecule has 0 bridgehead atoms. The van der Waals surface area contributed by atoms with Crippen LogP contribution in [-0.2, 0) is 14.4 Å². The highest BCUT2D eigenvalue weighted by Crippen LogP contribution is 2.31. The van der Waals surface area contributed by atoms with E-state index in [1.54, 1.807) is 31.2 Å². The van der Waals surface area contributed by atoms with Gasteiger partial charge in [-0.15, -0.1) is 0 Å². The number of allylic oxidation sites excluding steroid dienone is 1. The molecule has 0 fully saturated rings. The number of carboxylic acid groups (broad SMARTS) is 1. The van der Waals surface area contributed by atoms with Gasteiger partial charge in [-0.25, -0.2) is 0 Å². The number of hydrogen-bond donors (Lipinski definition) is 2. The molecule has 144 valence electrons. The van der Waals surface area contributed by atoms with E-state index in [4.69, 9.17) is 16.4 Å². The minimum Gasteiger partial charge on any atom is -0.481 e. The Morgan fingerprint density at radius 1 is 1.21 bits per heavy atom. The number of nitrogens with zero attached hydrogens (tertiary/aromatic N) is 1. The van der Waals surface area contributed by atoms with Crippen molar-refractivity contribution in [2.75, 3.05) is 5.32 Å². The van der Waals surface area contributed by atoms with E-state index in [2.05, 4.69) is 10.5 Å². The topological polar surface area (TPSA) is 88.0 Å². The normalized spacial score (nSPS) is 18.6. The first-order valence-corrected chi connectivity index (χ1v) is 9.04. The lowest BCUT2D eigenvalue weighted by Crippen LogP contribution is -2.45. The van der Waals surface area contributed by atoms with Crippen LogP contribution in [-0.4, -0.2) is 28.3 Å². The predicted octanol–water partition coefficient (Wildman–Crippen LogP) is 4.29. The molecule has 2 aromatic rings. The third kappa shape index (κ3) is 4.40. The van der Waals surface area contributed by atoms with Crippen LogP contribution in [0.4, 0.5) is 5.69 Å². The van der Waals surface area contributed by atoms with Gasteiger partial charge in [0.1, 0.15) is 0 Å². The van der Waals surface area contributed by atoms with Gasteiger partial charge in [0.15, 0.2) is 0 Å². The van der Waals surface area contributed by atoms with E-state index < -0.39 is 23.9 Å². The van der Waals surface area contributed by atoms with E-state index in [1.807, 2.05) is 36.4 Å². The van der Waals surface area contributed by atoms with Crippen molar-refractivity contribution in [3.63, 3.8) is 0 Å². The molecule has 0 spiro atoms. The number of halogens is 1. The molecule has 1 amide bonds. The van der Waals surface area contributed by atoms with Crippen LogP contribution < -0.4 is 5.32 Å². The SMILES string of the molecule is Cc1c(Cl)cccc1NC(=O)[C@@]1(CC(=O)O)CC(C=Cc2ccccc2)=NO1. The molecule has 0 saturated heterocycles. The number of rotatable bonds is 6. The average molecular weight is 399 g/mol. The maximum Gasteiger partial charge on any atom is 0.308 e. The lowest BCUT2D eigenvalue weighted by Gasteiger charge is -2.24. The van der Waals surface area contributed by atoms with Gasteiger partial charge in [-0.05, 0) is 36.3 Å². The predicted molar refractivity (Wildman–Crippen MR) is 108 cm³/mol. The van der Waals surface area contributed by atoms with E-state index >= 15 is 0 Å². The Morgan fingerprint density at radius 2 is 1.96 bits per heavy atom. The number of oxime groups is 1. The number of benzene rings is 2. The largest absolute Gasteiger partial charge is 0.481 e. The molecule has 6 nitrogen and oxygen atoms in total. The lowest BCUT2D eigenvalue weighted by molar-refractivity contribution is -0.152. The van der Waals surface area contributed by atoms with Gasteiger partial charge in [-0.1, -0.05) is 59.2 Å². The molecule has 7 heteroatoms. The minimum absolute atomic E-state index is 0.0497. The summed E-state index contributed by atoms with van der Waals surface area (Å²) < 4.78 is 0. The van der Waals surface area contributed by atoms with Crippen molar-refractivity contribution in [1.82, 2.24) is 0 Å². The Hall–Kier alpha value is -3.12. The van der Waals surface area contributed by atoms with Crippen molar-refractivity contribution in [3.8, 4) is 0 Å². The summed E-state index contributed by atoms with van der Waals surface area (Å²) in [4.78, 5) is 29.7. The number of carbonyl (C=O) groups is 2. The summed E-state index contributed by atoms with van der Waals surface area (Å²) in [6, 6.07) is 14.7. The first kappa shape index (κ1) is 19.6. The second-order valence-electron chi connectivity index (χ2n) is 6.53. The van der Waals surface area contributed by atoms with Gasteiger partial charge in [-0.3, -0.25) is 9.59 Å². The van der Waals surface area contributed by atoms with Crippen molar-refractivity contribution in [1.29, 1.82) is 0 Å². The zero-order valence-corrected chi connectivity index (χ0v) is 15.9. The van der Waals surface area contributed by atoms with Crippen molar-refractivity contribution in [2.45, 2.75) is 25.4 Å². The summed E-state index contributed by atoms with van der Waals surface area (Å²) in [6.45, 7) is 1.77. The number of carboxylic acids is 1. The molecule has 28 heavy (non-hydrogen) atoms. The molecule has 2 aromatic carbocycles. The van der Waals surface area contributed by atoms with Crippen LogP contribution in [0.25, 0.3) is 6.08 Å². The van der Waals surface area contributed by atoms with E-state index in [0.717, 1.165) is 5.56 Å². The maximum absolute atomic E-state index is 12.9. The summed E-state index contributed by atoms with van der Waals surface area (Å²) in [6.07, 6.45) is 3.09. The Bertz CT molecular complexity index is 956. The summed E-state index contributed by atoms with van der Waals surface area (Å²) in [5, 5.41) is 16.5. The van der Waals surface area contributed by atoms with Gasteiger partial charge in [0.25, 0.3) is 5.91 Å². The fourth-order valence-electron chi connectivity index (χ4n) is 2.87. The van der Waals surface area contributed by atoms with Gasteiger partial charge in [0.2, 0.25) is 5.60 Å². The smallest absolute Gasteiger partial charge is 0.308 e. The quantitative estimate of drug-likeness (QED) is 0.759. The molecule has 3 rings (SSSR count). The van der Waals surface area contributed by atoms with Crippen molar-refractivity contribution in [2.24, 2.45) is 5.16 Å². The number of hydrogen-bond acceptors (Lipinski definition) is 4. The fourth-order valence-corrected chi connectivity index (χ4v) is 3.04. The van der Waals surface area contributed by atoms with Crippen LogP contribution in [0, 0.1) is 6.92 Å². The first-order chi connectivity index (χ1) is 13.4. The second-order valence-corrected chi connectivity index (χ2v) is 6.93. The van der Waals surface area contributed by atoms with Gasteiger partial charge >= 0.3 is 5.97 Å². The average Bonchev–Trinajstić information content (AvgIpc) is 3.08. The zero-order valence-electron chi connectivity index (χ0n) is 15.2. The summed E-state index contributed by atoms with van der Waals surface area (Å²) in [5.41, 5.74) is 1.02. The van der Waals surface area contributed by atoms with E-state index in [0.29, 0.717) is 22.0 Å². The third-order valence-corrected chi connectivity index (χ3v) is 4.85. The summed E-state index contributed by atoms with van der Waals surface area (Å²) in [7, 11) is 0. The highest BCUT2D eigenvalue weighted by atomic mass is 35.5. The molecule has 0 aromatic heterocycles. The molecular weight excluding hydrogens is 380 g/mol. The van der Waals surface area contributed by atoms with Gasteiger partial charge in [-0.2, -0.15) is 0 Å².